The summed E-state index contributed by atoms with van der Waals surface area (Å²) in [6.45, 7) is 2.49. The van der Waals surface area contributed by atoms with Gasteiger partial charge in [0.2, 0.25) is 0 Å². The third kappa shape index (κ3) is 5.47. The molecule has 0 heterocycles. The Morgan fingerprint density at radius 2 is 2.06 bits per heavy atom. The standard InChI is InChI=1S/C13H20N2O2/c1-17-13(16)11-15(9-5-8-14)10-12-6-3-2-4-7-12/h2-4,6-7H,5,8-11,14H2,1H3. The minimum atomic E-state index is -0.210. The average molecular weight is 236 g/mol. The first kappa shape index (κ1) is 13.7. The number of carbonyl (C=O) groups is 1. The lowest BCUT2D eigenvalue weighted by Gasteiger charge is -2.20. The van der Waals surface area contributed by atoms with Crippen LogP contribution in [0.2, 0.25) is 0 Å². The van der Waals surface area contributed by atoms with Crippen molar-refractivity contribution in [1.82, 2.24) is 4.90 Å². The first-order chi connectivity index (χ1) is 8.26. The Morgan fingerprint density at radius 3 is 2.65 bits per heavy atom. The molecule has 4 heteroatoms. The van der Waals surface area contributed by atoms with Crippen molar-refractivity contribution in [3.8, 4) is 0 Å². The van der Waals surface area contributed by atoms with Crippen LogP contribution in [-0.2, 0) is 16.1 Å². The summed E-state index contributed by atoms with van der Waals surface area (Å²) in [4.78, 5) is 13.3. The number of hydrogen-bond donors (Lipinski definition) is 1. The zero-order chi connectivity index (χ0) is 12.5. The van der Waals surface area contributed by atoms with E-state index in [1.54, 1.807) is 0 Å². The predicted molar refractivity (Wildman–Crippen MR) is 67.4 cm³/mol. The second-order valence-electron chi connectivity index (χ2n) is 3.91. The molecule has 2 N–H and O–H groups in total. The number of nitrogens with two attached hydrogens (primary N) is 1. The van der Waals surface area contributed by atoms with E-state index in [9.17, 15) is 4.79 Å². The van der Waals surface area contributed by atoms with Gasteiger partial charge in [0.15, 0.2) is 0 Å². The number of ether oxygens (including phenoxy) is 1. The molecule has 1 rings (SSSR count). The highest BCUT2D eigenvalue weighted by atomic mass is 16.5. The van der Waals surface area contributed by atoms with E-state index >= 15 is 0 Å². The topological polar surface area (TPSA) is 55.6 Å². The highest BCUT2D eigenvalue weighted by molar-refractivity contribution is 5.71. The van der Waals surface area contributed by atoms with Crippen LogP contribution in [0.1, 0.15) is 12.0 Å². The average Bonchev–Trinajstić information content (AvgIpc) is 2.37. The summed E-state index contributed by atoms with van der Waals surface area (Å²) in [5.74, 6) is -0.210. The fraction of sp³-hybridized carbons (Fsp3) is 0.462. The summed E-state index contributed by atoms with van der Waals surface area (Å²) in [6.07, 6.45) is 0.879. The molecule has 1 aromatic rings. The zero-order valence-electron chi connectivity index (χ0n) is 10.3. The van der Waals surface area contributed by atoms with Gasteiger partial charge in [-0.05, 0) is 18.5 Å². The summed E-state index contributed by atoms with van der Waals surface area (Å²) in [7, 11) is 1.41. The zero-order valence-corrected chi connectivity index (χ0v) is 10.3. The van der Waals surface area contributed by atoms with Gasteiger partial charge in [0, 0.05) is 13.1 Å². The van der Waals surface area contributed by atoms with E-state index in [0.717, 1.165) is 19.5 Å². The Bertz CT molecular complexity index is 327. The van der Waals surface area contributed by atoms with Crippen molar-refractivity contribution in [3.63, 3.8) is 0 Å². The summed E-state index contributed by atoms with van der Waals surface area (Å²) in [5.41, 5.74) is 6.68. The second-order valence-corrected chi connectivity index (χ2v) is 3.91. The maximum atomic E-state index is 11.3. The van der Waals surface area contributed by atoms with Crippen LogP contribution in [-0.4, -0.2) is 37.6 Å². The number of methoxy groups -OCH3 is 1. The lowest BCUT2D eigenvalue weighted by Crippen LogP contribution is -2.32. The van der Waals surface area contributed by atoms with E-state index in [-0.39, 0.29) is 5.97 Å². The monoisotopic (exact) mass is 236 g/mol. The Hall–Kier alpha value is -1.39. The Balaban J connectivity index is 2.53. The third-order valence-corrected chi connectivity index (χ3v) is 2.51. The first-order valence-corrected chi connectivity index (χ1v) is 5.79. The molecule has 0 fully saturated rings. The fourth-order valence-electron chi connectivity index (χ4n) is 1.62. The van der Waals surface area contributed by atoms with Crippen molar-refractivity contribution >= 4 is 5.97 Å². The van der Waals surface area contributed by atoms with E-state index in [4.69, 9.17) is 5.73 Å². The number of hydrogen-bond acceptors (Lipinski definition) is 4. The minimum absolute atomic E-state index is 0.210. The third-order valence-electron chi connectivity index (χ3n) is 2.51. The molecule has 0 aliphatic rings. The molecule has 17 heavy (non-hydrogen) atoms. The maximum Gasteiger partial charge on any atom is 0.319 e. The SMILES string of the molecule is COC(=O)CN(CCCN)Cc1ccccc1. The molecule has 0 saturated heterocycles. The number of rotatable bonds is 7. The van der Waals surface area contributed by atoms with E-state index < -0.39 is 0 Å². The van der Waals surface area contributed by atoms with Crippen LogP contribution in [0.25, 0.3) is 0 Å². The molecule has 0 spiro atoms. The molecule has 1 aromatic carbocycles. The molecule has 0 atom stereocenters. The molecule has 0 saturated carbocycles. The van der Waals surface area contributed by atoms with Gasteiger partial charge >= 0.3 is 5.97 Å². The van der Waals surface area contributed by atoms with Crippen LogP contribution >= 0.6 is 0 Å². The molecule has 4 nitrogen and oxygen atoms in total. The molecule has 0 amide bonds. The highest BCUT2D eigenvalue weighted by Crippen LogP contribution is 2.05. The smallest absolute Gasteiger partial charge is 0.319 e. The Morgan fingerprint density at radius 1 is 1.35 bits per heavy atom. The molecule has 0 aliphatic heterocycles. The van der Waals surface area contributed by atoms with E-state index in [1.165, 1.54) is 12.7 Å². The van der Waals surface area contributed by atoms with Crippen molar-refractivity contribution < 1.29 is 9.53 Å². The van der Waals surface area contributed by atoms with E-state index in [1.807, 2.05) is 35.2 Å². The number of esters is 1. The minimum Gasteiger partial charge on any atom is -0.468 e. The molecule has 0 bridgehead atoms. The van der Waals surface area contributed by atoms with Crippen molar-refractivity contribution in [2.45, 2.75) is 13.0 Å². The first-order valence-electron chi connectivity index (χ1n) is 5.79. The van der Waals surface area contributed by atoms with Gasteiger partial charge in [-0.1, -0.05) is 30.3 Å². The lowest BCUT2D eigenvalue weighted by molar-refractivity contribution is -0.142. The lowest BCUT2D eigenvalue weighted by atomic mass is 10.2. The molecular formula is C13H20N2O2. The van der Waals surface area contributed by atoms with Crippen molar-refractivity contribution in [1.29, 1.82) is 0 Å². The van der Waals surface area contributed by atoms with Gasteiger partial charge in [-0.25, -0.2) is 0 Å². The number of nitrogens with zero attached hydrogens (tertiary/aromatic N) is 1. The van der Waals surface area contributed by atoms with Gasteiger partial charge in [-0.15, -0.1) is 0 Å². The second kappa shape index (κ2) is 7.81. The highest BCUT2D eigenvalue weighted by Gasteiger charge is 2.10. The molecule has 0 unspecified atom stereocenters. The largest absolute Gasteiger partial charge is 0.468 e. The van der Waals surface area contributed by atoms with Crippen molar-refractivity contribution in [2.24, 2.45) is 5.73 Å². The summed E-state index contributed by atoms with van der Waals surface area (Å²) in [6, 6.07) is 10.1. The number of benzene rings is 1. The van der Waals surface area contributed by atoms with Gasteiger partial charge in [0.1, 0.15) is 0 Å². The van der Waals surface area contributed by atoms with Gasteiger partial charge in [-0.3, -0.25) is 9.69 Å². The van der Waals surface area contributed by atoms with Crippen LogP contribution in [0.15, 0.2) is 30.3 Å². The summed E-state index contributed by atoms with van der Waals surface area (Å²) in [5, 5.41) is 0. The Kier molecular flexibility index (Phi) is 6.29. The molecule has 94 valence electrons. The fourth-order valence-corrected chi connectivity index (χ4v) is 1.62. The van der Waals surface area contributed by atoms with Crippen LogP contribution in [0, 0.1) is 0 Å². The van der Waals surface area contributed by atoms with Crippen molar-refractivity contribution in [3.05, 3.63) is 35.9 Å². The summed E-state index contributed by atoms with van der Waals surface area (Å²) < 4.78 is 4.69. The predicted octanol–water partition coefficient (Wildman–Crippen LogP) is 1.01. The molecule has 0 aromatic heterocycles. The van der Waals surface area contributed by atoms with Crippen LogP contribution in [0.4, 0.5) is 0 Å². The van der Waals surface area contributed by atoms with Gasteiger partial charge in [0.25, 0.3) is 0 Å². The van der Waals surface area contributed by atoms with Crippen LogP contribution in [0.5, 0.6) is 0 Å². The van der Waals surface area contributed by atoms with Gasteiger partial charge < -0.3 is 10.5 Å². The molecular weight excluding hydrogens is 216 g/mol. The molecule has 0 aliphatic carbocycles. The number of carbonyl (C=O) groups excluding carboxylic acids is 1. The van der Waals surface area contributed by atoms with Crippen molar-refractivity contribution in [2.75, 3.05) is 26.7 Å². The van der Waals surface area contributed by atoms with E-state index in [2.05, 4.69) is 4.74 Å². The molecule has 0 radical (unpaired) electrons. The van der Waals surface area contributed by atoms with Crippen LogP contribution in [0.3, 0.4) is 0 Å². The summed E-state index contributed by atoms with van der Waals surface area (Å²) >= 11 is 0. The van der Waals surface area contributed by atoms with E-state index in [0.29, 0.717) is 13.1 Å². The van der Waals surface area contributed by atoms with Gasteiger partial charge in [-0.2, -0.15) is 0 Å². The van der Waals surface area contributed by atoms with Crippen LogP contribution < -0.4 is 5.73 Å². The maximum absolute atomic E-state index is 11.3. The Labute approximate surface area is 102 Å². The normalized spacial score (nSPS) is 10.5. The quantitative estimate of drug-likeness (QED) is 0.718. The van der Waals surface area contributed by atoms with Gasteiger partial charge in [0.05, 0.1) is 13.7 Å².